The molecule has 10 heavy (non-hydrogen) atoms. The second-order valence-electron chi connectivity index (χ2n) is 3.05. The van der Waals surface area contributed by atoms with Crippen molar-refractivity contribution in [2.24, 2.45) is 5.41 Å². The van der Waals surface area contributed by atoms with Crippen LogP contribution in [0.15, 0.2) is 12.2 Å². The zero-order valence-electron chi connectivity index (χ0n) is 6.24. The van der Waals surface area contributed by atoms with E-state index in [0.717, 1.165) is 0 Å². The lowest BCUT2D eigenvalue weighted by Gasteiger charge is -2.12. The lowest BCUT2D eigenvalue weighted by molar-refractivity contribution is -0.121. The Kier molecular flexibility index (Phi) is 2.69. The van der Waals surface area contributed by atoms with Crippen LogP contribution in [0.1, 0.15) is 20.8 Å². The van der Waals surface area contributed by atoms with Crippen molar-refractivity contribution in [2.75, 3.05) is 0 Å². The second kappa shape index (κ2) is 2.90. The third-order valence-corrected chi connectivity index (χ3v) is 0.979. The molecule has 0 aromatic heterocycles. The lowest BCUT2D eigenvalue weighted by Crippen LogP contribution is -2.17. The summed E-state index contributed by atoms with van der Waals surface area (Å²) in [5, 5.41) is 0. The fourth-order valence-electron chi connectivity index (χ4n) is 0.316. The molecule has 0 heterocycles. The SMILES string of the molecule is CC(C)(C)C(=O)C=C(F)F. The van der Waals surface area contributed by atoms with Crippen LogP contribution in [-0.4, -0.2) is 5.78 Å². The first-order valence-corrected chi connectivity index (χ1v) is 2.91. The number of hydrogen-bond donors (Lipinski definition) is 0. The Hall–Kier alpha value is -0.730. The van der Waals surface area contributed by atoms with Crippen LogP contribution in [0.4, 0.5) is 8.78 Å². The van der Waals surface area contributed by atoms with Gasteiger partial charge in [-0.1, -0.05) is 20.8 Å². The lowest BCUT2D eigenvalue weighted by atomic mass is 9.91. The molecule has 0 aliphatic rings. The van der Waals surface area contributed by atoms with Crippen LogP contribution >= 0.6 is 0 Å². The molecule has 0 N–H and O–H groups in total. The van der Waals surface area contributed by atoms with Gasteiger partial charge in [0.05, 0.1) is 0 Å². The molecule has 0 saturated heterocycles. The summed E-state index contributed by atoms with van der Waals surface area (Å²) in [6, 6.07) is 0. The van der Waals surface area contributed by atoms with Gasteiger partial charge in [0, 0.05) is 11.5 Å². The van der Waals surface area contributed by atoms with E-state index in [1.54, 1.807) is 20.8 Å². The first-order valence-electron chi connectivity index (χ1n) is 2.91. The van der Waals surface area contributed by atoms with Gasteiger partial charge >= 0.3 is 0 Å². The normalized spacial score (nSPS) is 10.9. The Balaban J connectivity index is 4.27. The van der Waals surface area contributed by atoms with Gasteiger partial charge in [0.15, 0.2) is 5.78 Å². The van der Waals surface area contributed by atoms with Crippen LogP contribution in [0.5, 0.6) is 0 Å². The van der Waals surface area contributed by atoms with Gasteiger partial charge in [-0.3, -0.25) is 4.79 Å². The molecule has 0 spiro atoms. The highest BCUT2D eigenvalue weighted by Crippen LogP contribution is 2.16. The molecule has 1 nitrogen and oxygen atoms in total. The molecule has 0 aromatic rings. The summed E-state index contributed by atoms with van der Waals surface area (Å²) < 4.78 is 22.9. The first-order chi connectivity index (χ1) is 4.34. The fourth-order valence-corrected chi connectivity index (χ4v) is 0.316. The quantitative estimate of drug-likeness (QED) is 0.522. The molecule has 0 unspecified atom stereocenters. The van der Waals surface area contributed by atoms with Gasteiger partial charge in [-0.2, -0.15) is 8.78 Å². The van der Waals surface area contributed by atoms with E-state index in [-0.39, 0.29) is 0 Å². The van der Waals surface area contributed by atoms with Crippen molar-refractivity contribution in [2.45, 2.75) is 20.8 Å². The third kappa shape index (κ3) is 3.33. The minimum atomic E-state index is -1.93. The predicted octanol–water partition coefficient (Wildman–Crippen LogP) is 2.38. The molecular formula is C7H10F2O. The molecule has 58 valence electrons. The molecule has 0 saturated carbocycles. The molecule has 0 amide bonds. The second-order valence-corrected chi connectivity index (χ2v) is 3.05. The fraction of sp³-hybridized carbons (Fsp3) is 0.571. The molecule has 0 bridgehead atoms. The summed E-state index contributed by atoms with van der Waals surface area (Å²) in [7, 11) is 0. The Bertz CT molecular complexity index is 161. The van der Waals surface area contributed by atoms with Crippen LogP contribution in [-0.2, 0) is 4.79 Å². The van der Waals surface area contributed by atoms with Crippen LogP contribution in [0, 0.1) is 5.41 Å². The van der Waals surface area contributed by atoms with Gasteiger partial charge in [-0.15, -0.1) is 0 Å². The van der Waals surface area contributed by atoms with Gasteiger partial charge in [-0.05, 0) is 0 Å². The van der Waals surface area contributed by atoms with E-state index in [9.17, 15) is 13.6 Å². The summed E-state index contributed by atoms with van der Waals surface area (Å²) in [6.07, 6.45) is -1.57. The van der Waals surface area contributed by atoms with Gasteiger partial charge in [0.25, 0.3) is 6.08 Å². The summed E-state index contributed by atoms with van der Waals surface area (Å²) in [6.45, 7) is 4.78. The molecule has 0 aliphatic carbocycles. The molecule has 0 aliphatic heterocycles. The summed E-state index contributed by atoms with van der Waals surface area (Å²) >= 11 is 0. The van der Waals surface area contributed by atoms with E-state index in [4.69, 9.17) is 0 Å². The third-order valence-electron chi connectivity index (χ3n) is 0.979. The molecule has 0 atom stereocenters. The molecular weight excluding hydrogens is 138 g/mol. The van der Waals surface area contributed by atoms with Gasteiger partial charge in [-0.25, -0.2) is 0 Å². The van der Waals surface area contributed by atoms with Crippen LogP contribution in [0.2, 0.25) is 0 Å². The van der Waals surface area contributed by atoms with E-state index in [1.807, 2.05) is 0 Å². The van der Waals surface area contributed by atoms with Crippen LogP contribution in [0.3, 0.4) is 0 Å². The van der Waals surface area contributed by atoms with Crippen molar-refractivity contribution in [1.29, 1.82) is 0 Å². The Morgan fingerprint density at radius 2 is 1.70 bits per heavy atom. The number of carbonyl (C=O) groups is 1. The highest BCUT2D eigenvalue weighted by Gasteiger charge is 2.19. The number of rotatable bonds is 1. The molecule has 0 radical (unpaired) electrons. The Morgan fingerprint density at radius 3 is 1.80 bits per heavy atom. The maximum atomic E-state index is 11.5. The van der Waals surface area contributed by atoms with E-state index in [1.165, 1.54) is 0 Å². The highest BCUT2D eigenvalue weighted by atomic mass is 19.3. The highest BCUT2D eigenvalue weighted by molar-refractivity contribution is 5.93. The summed E-state index contributed by atoms with van der Waals surface area (Å²) in [5.74, 6) is -0.549. The van der Waals surface area contributed by atoms with Crippen LogP contribution < -0.4 is 0 Å². The van der Waals surface area contributed by atoms with Crippen molar-refractivity contribution in [1.82, 2.24) is 0 Å². The zero-order chi connectivity index (χ0) is 8.36. The maximum absolute atomic E-state index is 11.5. The van der Waals surface area contributed by atoms with E-state index >= 15 is 0 Å². The van der Waals surface area contributed by atoms with Gasteiger partial charge in [0.2, 0.25) is 0 Å². The monoisotopic (exact) mass is 148 g/mol. The molecule has 0 fully saturated rings. The Morgan fingerprint density at radius 1 is 1.30 bits per heavy atom. The Labute approximate surface area is 58.7 Å². The van der Waals surface area contributed by atoms with E-state index < -0.39 is 17.3 Å². The van der Waals surface area contributed by atoms with Gasteiger partial charge in [0.1, 0.15) is 0 Å². The molecule has 3 heteroatoms. The van der Waals surface area contributed by atoms with Crippen molar-refractivity contribution in [3.8, 4) is 0 Å². The zero-order valence-corrected chi connectivity index (χ0v) is 6.24. The number of halogens is 2. The minimum absolute atomic E-state index is 0.361. The predicted molar refractivity (Wildman–Crippen MR) is 34.8 cm³/mol. The van der Waals surface area contributed by atoms with Crippen molar-refractivity contribution in [3.63, 3.8) is 0 Å². The van der Waals surface area contributed by atoms with Crippen LogP contribution in [0.25, 0.3) is 0 Å². The average molecular weight is 148 g/mol. The van der Waals surface area contributed by atoms with Crippen molar-refractivity contribution < 1.29 is 13.6 Å². The van der Waals surface area contributed by atoms with E-state index in [2.05, 4.69) is 0 Å². The maximum Gasteiger partial charge on any atom is 0.273 e. The minimum Gasteiger partial charge on any atom is -0.294 e. The molecule has 0 rings (SSSR count). The number of ketones is 1. The molecule has 0 aromatic carbocycles. The topological polar surface area (TPSA) is 17.1 Å². The van der Waals surface area contributed by atoms with Crippen molar-refractivity contribution in [3.05, 3.63) is 12.2 Å². The largest absolute Gasteiger partial charge is 0.294 e. The summed E-state index contributed by atoms with van der Waals surface area (Å²) in [4.78, 5) is 10.7. The van der Waals surface area contributed by atoms with Gasteiger partial charge < -0.3 is 0 Å². The smallest absolute Gasteiger partial charge is 0.273 e. The van der Waals surface area contributed by atoms with Crippen molar-refractivity contribution >= 4 is 5.78 Å². The standard InChI is InChI=1S/C7H10F2O/c1-7(2,3)5(10)4-6(8)9/h4H,1-3H3. The number of allylic oxidation sites excluding steroid dienone is 1. The van der Waals surface area contributed by atoms with E-state index in [0.29, 0.717) is 6.08 Å². The summed E-state index contributed by atoms with van der Waals surface area (Å²) in [5.41, 5.74) is -0.705. The first kappa shape index (κ1) is 9.27. The average Bonchev–Trinajstić information content (AvgIpc) is 1.60. The number of hydrogen-bond acceptors (Lipinski definition) is 1. The number of carbonyl (C=O) groups excluding carboxylic acids is 1.